The molecular weight excluding hydrogens is 210 g/mol. The molecule has 0 aromatic carbocycles. The second-order valence-corrected chi connectivity index (χ2v) is 3.93. The minimum atomic E-state index is 0. The molecule has 0 aromatic rings. The van der Waals surface area contributed by atoms with Gasteiger partial charge in [0.25, 0.3) is 0 Å². The molecule has 0 aromatic heterocycles. The summed E-state index contributed by atoms with van der Waals surface area (Å²) in [6.07, 6.45) is 2.56. The topological polar surface area (TPSA) is 9.23 Å². The normalized spacial score (nSPS) is 15.2. The van der Waals surface area contributed by atoms with E-state index < -0.39 is 0 Å². The molecular formula is C12H28ClNO. The number of nitrogens with zero attached hydrogens (tertiary/aromatic N) is 1. The molecule has 1 aliphatic rings. The first-order chi connectivity index (χ1) is 6.74. The molecule has 0 atom stereocenters. The highest BCUT2D eigenvalue weighted by molar-refractivity contribution is 4.43. The maximum Gasteiger partial charge on any atom is 0.0757 e. The maximum atomic E-state index is 4.94. The van der Waals surface area contributed by atoms with Gasteiger partial charge in [-0.3, -0.25) is 0 Å². The minimum Gasteiger partial charge on any atom is -1.00 e. The molecule has 3 heteroatoms. The monoisotopic (exact) mass is 237 g/mol. The van der Waals surface area contributed by atoms with Crippen LogP contribution in [-0.2, 0) is 4.74 Å². The van der Waals surface area contributed by atoms with Crippen molar-refractivity contribution in [2.45, 2.75) is 40.5 Å². The Bertz CT molecular complexity index is 97.7. The third-order valence-corrected chi connectivity index (χ3v) is 3.51. The number of halogens is 1. The van der Waals surface area contributed by atoms with Crippen LogP contribution in [0.25, 0.3) is 0 Å². The van der Waals surface area contributed by atoms with Crippen LogP contribution in [0.15, 0.2) is 0 Å². The summed E-state index contributed by atoms with van der Waals surface area (Å²) in [5.41, 5.74) is 0. The van der Waals surface area contributed by atoms with Crippen LogP contribution in [0, 0.1) is 0 Å². The van der Waals surface area contributed by atoms with Crippen LogP contribution in [0.1, 0.15) is 40.5 Å². The molecule has 0 N–H and O–H groups in total. The third kappa shape index (κ3) is 7.15. The summed E-state index contributed by atoms with van der Waals surface area (Å²) in [4.78, 5) is 0. The average Bonchev–Trinajstić information content (AvgIpc) is 2.80. The summed E-state index contributed by atoms with van der Waals surface area (Å²) in [7, 11) is 0. The Balaban J connectivity index is 0. The summed E-state index contributed by atoms with van der Waals surface area (Å²) in [5, 5.41) is 0. The third-order valence-electron chi connectivity index (χ3n) is 3.51. The highest BCUT2D eigenvalue weighted by Crippen LogP contribution is 2.03. The van der Waals surface area contributed by atoms with E-state index in [-0.39, 0.29) is 12.4 Å². The van der Waals surface area contributed by atoms with Gasteiger partial charge in [0, 0.05) is 13.2 Å². The van der Waals surface area contributed by atoms with Gasteiger partial charge < -0.3 is 21.6 Å². The lowest BCUT2D eigenvalue weighted by Gasteiger charge is -2.34. The molecule has 1 fully saturated rings. The van der Waals surface area contributed by atoms with Crippen molar-refractivity contribution in [2.24, 2.45) is 0 Å². The lowest BCUT2D eigenvalue weighted by atomic mass is 10.3. The van der Waals surface area contributed by atoms with Gasteiger partial charge in [0.15, 0.2) is 0 Å². The first-order valence-corrected chi connectivity index (χ1v) is 6.17. The second kappa shape index (κ2) is 10.7. The van der Waals surface area contributed by atoms with Crippen LogP contribution in [0.3, 0.4) is 0 Å². The number of hydrogen-bond donors (Lipinski definition) is 0. The molecule has 2 nitrogen and oxygen atoms in total. The summed E-state index contributed by atoms with van der Waals surface area (Å²) >= 11 is 0. The number of hydrogen-bond acceptors (Lipinski definition) is 1. The van der Waals surface area contributed by atoms with Crippen molar-refractivity contribution < 1.29 is 21.6 Å². The second-order valence-electron chi connectivity index (χ2n) is 3.93. The predicted octanol–water partition coefficient (Wildman–Crippen LogP) is -0.316. The lowest BCUT2D eigenvalue weighted by molar-refractivity contribution is -0.921. The molecule has 94 valence electrons. The molecule has 0 saturated carbocycles. The van der Waals surface area contributed by atoms with Crippen LogP contribution in [0.2, 0.25) is 0 Å². The van der Waals surface area contributed by atoms with Crippen LogP contribution >= 0.6 is 0 Å². The molecule has 1 rings (SSSR count). The molecule has 1 saturated heterocycles. The van der Waals surface area contributed by atoms with E-state index in [0.717, 1.165) is 13.2 Å². The standard InChI is InChI=1S/C8H20N.C4H8O.ClH/c1-5-9(6-2,7-3)8-4;1-2-4-5-3-1;/h5-8H2,1-4H3;1-4H2;1H/q+1;;/p-1. The number of rotatable bonds is 4. The van der Waals surface area contributed by atoms with E-state index >= 15 is 0 Å². The summed E-state index contributed by atoms with van der Waals surface area (Å²) in [6.45, 7) is 16.2. The molecule has 0 radical (unpaired) electrons. The zero-order valence-corrected chi connectivity index (χ0v) is 11.6. The largest absolute Gasteiger partial charge is 1.00 e. The Kier molecular flexibility index (Phi) is 12.6. The summed E-state index contributed by atoms with van der Waals surface area (Å²) in [5.74, 6) is 0. The molecule has 0 aliphatic carbocycles. The Hall–Kier alpha value is 0.210. The van der Waals surface area contributed by atoms with Crippen molar-refractivity contribution >= 4 is 0 Å². The van der Waals surface area contributed by atoms with Gasteiger partial charge in [0.1, 0.15) is 0 Å². The van der Waals surface area contributed by atoms with Crippen molar-refractivity contribution in [2.75, 3.05) is 39.4 Å². The average molecular weight is 238 g/mol. The molecule has 1 heterocycles. The first kappa shape index (κ1) is 17.6. The van der Waals surface area contributed by atoms with E-state index in [4.69, 9.17) is 4.74 Å². The molecule has 0 amide bonds. The van der Waals surface area contributed by atoms with E-state index in [2.05, 4.69) is 27.7 Å². The van der Waals surface area contributed by atoms with Gasteiger partial charge in [-0.25, -0.2) is 0 Å². The maximum absolute atomic E-state index is 4.94. The van der Waals surface area contributed by atoms with E-state index in [1.54, 1.807) is 0 Å². The first-order valence-electron chi connectivity index (χ1n) is 6.17. The van der Waals surface area contributed by atoms with Crippen molar-refractivity contribution in [3.8, 4) is 0 Å². The Morgan fingerprint density at radius 2 is 1.13 bits per heavy atom. The fourth-order valence-corrected chi connectivity index (χ4v) is 1.85. The summed E-state index contributed by atoms with van der Waals surface area (Å²) in [6, 6.07) is 0. The van der Waals surface area contributed by atoms with Gasteiger partial charge >= 0.3 is 0 Å². The van der Waals surface area contributed by atoms with E-state index in [0.29, 0.717) is 0 Å². The SMILES string of the molecule is C1CCOC1.CC[N+](CC)(CC)CC.[Cl-]. The van der Waals surface area contributed by atoms with Gasteiger partial charge in [-0.15, -0.1) is 0 Å². The van der Waals surface area contributed by atoms with Crippen LogP contribution in [0.5, 0.6) is 0 Å². The molecule has 0 unspecified atom stereocenters. The van der Waals surface area contributed by atoms with Gasteiger partial charge in [-0.2, -0.15) is 0 Å². The zero-order valence-electron chi connectivity index (χ0n) is 10.9. The number of quaternary nitrogens is 1. The molecule has 15 heavy (non-hydrogen) atoms. The highest BCUT2D eigenvalue weighted by atomic mass is 35.5. The minimum absolute atomic E-state index is 0. The summed E-state index contributed by atoms with van der Waals surface area (Å²) < 4.78 is 6.22. The molecule has 1 aliphatic heterocycles. The van der Waals surface area contributed by atoms with E-state index in [9.17, 15) is 0 Å². The smallest absolute Gasteiger partial charge is 0.0757 e. The Morgan fingerprint density at radius 1 is 0.800 bits per heavy atom. The van der Waals surface area contributed by atoms with Gasteiger partial charge in [0.05, 0.1) is 26.2 Å². The lowest BCUT2D eigenvalue weighted by Crippen LogP contribution is -3.00. The predicted molar refractivity (Wildman–Crippen MR) is 62.5 cm³/mol. The van der Waals surface area contributed by atoms with Crippen molar-refractivity contribution in [1.82, 2.24) is 0 Å². The van der Waals surface area contributed by atoms with Crippen LogP contribution < -0.4 is 12.4 Å². The molecule has 0 bridgehead atoms. The van der Waals surface area contributed by atoms with Gasteiger partial charge in [-0.1, -0.05) is 0 Å². The van der Waals surface area contributed by atoms with Gasteiger partial charge in [0.2, 0.25) is 0 Å². The van der Waals surface area contributed by atoms with Gasteiger partial charge in [-0.05, 0) is 40.5 Å². The molecule has 0 spiro atoms. The van der Waals surface area contributed by atoms with Crippen molar-refractivity contribution in [3.63, 3.8) is 0 Å². The number of ether oxygens (including phenoxy) is 1. The fraction of sp³-hybridized carbons (Fsp3) is 1.00. The van der Waals surface area contributed by atoms with E-state index in [1.807, 2.05) is 0 Å². The quantitative estimate of drug-likeness (QED) is 0.610. The van der Waals surface area contributed by atoms with Crippen molar-refractivity contribution in [1.29, 1.82) is 0 Å². The van der Waals surface area contributed by atoms with E-state index in [1.165, 1.54) is 43.5 Å². The Morgan fingerprint density at radius 3 is 1.20 bits per heavy atom. The van der Waals surface area contributed by atoms with Crippen molar-refractivity contribution in [3.05, 3.63) is 0 Å². The Labute approximate surface area is 102 Å². The van der Waals surface area contributed by atoms with Crippen LogP contribution in [0.4, 0.5) is 0 Å². The zero-order chi connectivity index (χ0) is 10.9. The highest BCUT2D eigenvalue weighted by Gasteiger charge is 2.16. The van der Waals surface area contributed by atoms with Crippen LogP contribution in [-0.4, -0.2) is 43.9 Å². The fourth-order valence-electron chi connectivity index (χ4n) is 1.85.